The van der Waals surface area contributed by atoms with Gasteiger partial charge in [0.25, 0.3) is 0 Å². The van der Waals surface area contributed by atoms with Crippen LogP contribution in [-0.4, -0.2) is 49.8 Å². The SMILES string of the molecule is CCOC(=O)C1=CN(C(C)C)C=C(C(=O)OCC)C1c1cc(Br)c(OC)c(OCC)c1. The average Bonchev–Trinajstić information content (AvgIpc) is 2.73. The van der Waals surface area contributed by atoms with Gasteiger partial charge in [-0.3, -0.25) is 0 Å². The molecule has 1 aromatic carbocycles. The highest BCUT2D eigenvalue weighted by Crippen LogP contribution is 2.44. The number of rotatable bonds is 9. The maximum atomic E-state index is 12.9. The van der Waals surface area contributed by atoms with E-state index in [4.69, 9.17) is 18.9 Å². The highest BCUT2D eigenvalue weighted by atomic mass is 79.9. The van der Waals surface area contributed by atoms with Gasteiger partial charge in [0.2, 0.25) is 0 Å². The standard InChI is InChI=1S/C23H30BrNO6/c1-7-29-19-11-15(10-18(24)21(19)28-6)20-16(22(26)30-8-2)12-25(14(4)5)13-17(20)23(27)31-9-3/h10-14,20H,7-9H2,1-6H3. The molecule has 2 rings (SSSR count). The van der Waals surface area contributed by atoms with Gasteiger partial charge in [0.05, 0.1) is 48.5 Å². The number of nitrogens with zero attached hydrogens (tertiary/aromatic N) is 1. The predicted octanol–water partition coefficient (Wildman–Crippen LogP) is 4.56. The lowest BCUT2D eigenvalue weighted by Crippen LogP contribution is -2.32. The Bertz CT molecular complexity index is 841. The third kappa shape index (κ3) is 5.61. The summed E-state index contributed by atoms with van der Waals surface area (Å²) in [6.07, 6.45) is 3.46. The first-order valence-electron chi connectivity index (χ1n) is 10.3. The summed E-state index contributed by atoms with van der Waals surface area (Å²) in [5.41, 5.74) is 1.37. The number of methoxy groups -OCH3 is 1. The van der Waals surface area contributed by atoms with Crippen LogP contribution in [0.4, 0.5) is 0 Å². The Labute approximate surface area is 192 Å². The molecule has 170 valence electrons. The van der Waals surface area contributed by atoms with Crippen LogP contribution in [0.1, 0.15) is 46.1 Å². The monoisotopic (exact) mass is 495 g/mol. The molecule has 0 saturated heterocycles. The molecule has 0 spiro atoms. The van der Waals surface area contributed by atoms with Crippen molar-refractivity contribution in [3.05, 3.63) is 45.7 Å². The molecular weight excluding hydrogens is 466 g/mol. The molecule has 0 N–H and O–H groups in total. The summed E-state index contributed by atoms with van der Waals surface area (Å²) in [4.78, 5) is 27.7. The lowest BCUT2D eigenvalue weighted by Gasteiger charge is -2.32. The second-order valence-corrected chi connectivity index (χ2v) is 7.91. The maximum Gasteiger partial charge on any atom is 0.336 e. The minimum atomic E-state index is -0.686. The quantitative estimate of drug-likeness (QED) is 0.464. The van der Waals surface area contributed by atoms with Crippen LogP contribution >= 0.6 is 15.9 Å². The second-order valence-electron chi connectivity index (χ2n) is 7.05. The first-order chi connectivity index (χ1) is 14.8. The van der Waals surface area contributed by atoms with Gasteiger partial charge in [0, 0.05) is 18.4 Å². The van der Waals surface area contributed by atoms with Crippen LogP contribution in [0.3, 0.4) is 0 Å². The van der Waals surface area contributed by atoms with Gasteiger partial charge in [-0.15, -0.1) is 0 Å². The van der Waals surface area contributed by atoms with E-state index >= 15 is 0 Å². The fraction of sp³-hybridized carbons (Fsp3) is 0.478. The van der Waals surface area contributed by atoms with E-state index in [9.17, 15) is 9.59 Å². The molecule has 0 fully saturated rings. The number of ether oxygens (including phenoxy) is 4. The molecule has 0 aromatic heterocycles. The van der Waals surface area contributed by atoms with E-state index in [1.165, 1.54) is 0 Å². The highest BCUT2D eigenvalue weighted by Gasteiger charge is 2.37. The van der Waals surface area contributed by atoms with Crippen molar-refractivity contribution in [2.75, 3.05) is 26.9 Å². The number of carbonyl (C=O) groups excluding carboxylic acids is 2. The van der Waals surface area contributed by atoms with E-state index in [0.717, 1.165) is 0 Å². The lowest BCUT2D eigenvalue weighted by atomic mass is 9.83. The third-order valence-corrected chi connectivity index (χ3v) is 5.28. The summed E-state index contributed by atoms with van der Waals surface area (Å²) < 4.78 is 22.5. The fourth-order valence-electron chi connectivity index (χ4n) is 3.32. The van der Waals surface area contributed by atoms with E-state index < -0.39 is 17.9 Å². The zero-order valence-corrected chi connectivity index (χ0v) is 20.4. The zero-order chi connectivity index (χ0) is 23.1. The number of carbonyl (C=O) groups is 2. The molecule has 31 heavy (non-hydrogen) atoms. The van der Waals surface area contributed by atoms with Crippen LogP contribution in [0.15, 0.2) is 40.2 Å². The Hall–Kier alpha value is -2.48. The van der Waals surface area contributed by atoms with Crippen LogP contribution in [0.25, 0.3) is 0 Å². The predicted molar refractivity (Wildman–Crippen MR) is 121 cm³/mol. The van der Waals surface area contributed by atoms with E-state index in [0.29, 0.717) is 39.3 Å². The molecule has 0 atom stereocenters. The van der Waals surface area contributed by atoms with E-state index in [2.05, 4.69) is 15.9 Å². The van der Waals surface area contributed by atoms with Gasteiger partial charge in [-0.1, -0.05) is 0 Å². The molecule has 0 aliphatic carbocycles. The molecule has 0 amide bonds. The minimum absolute atomic E-state index is 0.0244. The summed E-state index contributed by atoms with van der Waals surface area (Å²) in [6, 6.07) is 3.62. The number of esters is 2. The van der Waals surface area contributed by atoms with E-state index in [-0.39, 0.29) is 19.3 Å². The largest absolute Gasteiger partial charge is 0.492 e. The lowest BCUT2D eigenvalue weighted by molar-refractivity contribution is -0.139. The summed E-state index contributed by atoms with van der Waals surface area (Å²) in [5.74, 6) is -0.619. The molecule has 0 bridgehead atoms. The highest BCUT2D eigenvalue weighted by molar-refractivity contribution is 9.10. The van der Waals surface area contributed by atoms with Gasteiger partial charge in [-0.05, 0) is 68.2 Å². The molecule has 0 saturated carbocycles. The molecule has 0 radical (unpaired) electrons. The smallest absolute Gasteiger partial charge is 0.336 e. The third-order valence-electron chi connectivity index (χ3n) is 4.69. The Kier molecular flexibility index (Phi) is 8.98. The first kappa shape index (κ1) is 24.8. The van der Waals surface area contributed by atoms with Crippen molar-refractivity contribution in [2.24, 2.45) is 0 Å². The van der Waals surface area contributed by atoms with Gasteiger partial charge < -0.3 is 23.8 Å². The summed E-state index contributed by atoms with van der Waals surface area (Å²) in [5, 5.41) is 0. The maximum absolute atomic E-state index is 12.9. The zero-order valence-electron chi connectivity index (χ0n) is 18.9. The minimum Gasteiger partial charge on any atom is -0.492 e. The van der Waals surface area contributed by atoms with Crippen molar-refractivity contribution in [3.8, 4) is 11.5 Å². The van der Waals surface area contributed by atoms with E-state index in [1.807, 2.05) is 31.7 Å². The van der Waals surface area contributed by atoms with Gasteiger partial charge in [0.1, 0.15) is 0 Å². The van der Waals surface area contributed by atoms with Crippen LogP contribution < -0.4 is 9.47 Å². The number of halogens is 1. The fourth-order valence-corrected chi connectivity index (χ4v) is 3.94. The van der Waals surface area contributed by atoms with Gasteiger partial charge in [-0.25, -0.2) is 9.59 Å². The first-order valence-corrected chi connectivity index (χ1v) is 11.1. The van der Waals surface area contributed by atoms with Crippen LogP contribution in [-0.2, 0) is 19.1 Å². The van der Waals surface area contributed by atoms with Crippen LogP contribution in [0.5, 0.6) is 11.5 Å². The Morgan fingerprint density at radius 2 is 1.55 bits per heavy atom. The van der Waals surface area contributed by atoms with Crippen molar-refractivity contribution < 1.29 is 28.5 Å². The molecule has 8 heteroatoms. The van der Waals surface area contributed by atoms with Crippen molar-refractivity contribution >= 4 is 27.9 Å². The van der Waals surface area contributed by atoms with Crippen molar-refractivity contribution in [1.29, 1.82) is 0 Å². The average molecular weight is 496 g/mol. The molecule has 1 aliphatic rings. The molecular formula is C23H30BrNO6. The summed E-state index contributed by atoms with van der Waals surface area (Å²) in [7, 11) is 1.55. The number of hydrogen-bond donors (Lipinski definition) is 0. The molecule has 1 aromatic rings. The van der Waals surface area contributed by atoms with E-state index in [1.54, 1.807) is 39.4 Å². The Morgan fingerprint density at radius 1 is 1.00 bits per heavy atom. The number of hydrogen-bond acceptors (Lipinski definition) is 7. The van der Waals surface area contributed by atoms with Crippen molar-refractivity contribution in [1.82, 2.24) is 4.90 Å². The van der Waals surface area contributed by atoms with Gasteiger partial charge in [0.15, 0.2) is 11.5 Å². The Morgan fingerprint density at radius 3 is 1.97 bits per heavy atom. The van der Waals surface area contributed by atoms with Crippen LogP contribution in [0.2, 0.25) is 0 Å². The molecule has 7 nitrogen and oxygen atoms in total. The van der Waals surface area contributed by atoms with Crippen molar-refractivity contribution in [3.63, 3.8) is 0 Å². The summed E-state index contributed by atoms with van der Waals surface area (Å²) in [6.45, 7) is 10.2. The molecule has 1 heterocycles. The molecule has 1 aliphatic heterocycles. The summed E-state index contributed by atoms with van der Waals surface area (Å²) >= 11 is 3.52. The van der Waals surface area contributed by atoms with Crippen molar-refractivity contribution in [2.45, 2.75) is 46.6 Å². The van der Waals surface area contributed by atoms with Crippen LogP contribution in [0, 0.1) is 0 Å². The number of benzene rings is 1. The van der Waals surface area contributed by atoms with Gasteiger partial charge in [-0.2, -0.15) is 0 Å². The normalized spacial score (nSPS) is 14.1. The Balaban J connectivity index is 2.72. The topological polar surface area (TPSA) is 74.3 Å². The second kappa shape index (κ2) is 11.2. The molecule has 0 unspecified atom stereocenters. The van der Waals surface area contributed by atoms with Gasteiger partial charge >= 0.3 is 11.9 Å².